The molecule has 2 aromatic rings. The summed E-state index contributed by atoms with van der Waals surface area (Å²) >= 11 is 5.90. The van der Waals surface area contributed by atoms with Crippen LogP contribution < -0.4 is 10.6 Å². The Morgan fingerprint density at radius 1 is 1.18 bits per heavy atom. The molecule has 0 heterocycles. The zero-order valence-electron chi connectivity index (χ0n) is 11.9. The van der Waals surface area contributed by atoms with E-state index in [0.29, 0.717) is 11.6 Å². The van der Waals surface area contributed by atoms with E-state index in [9.17, 15) is 13.6 Å². The predicted molar refractivity (Wildman–Crippen MR) is 84.3 cm³/mol. The van der Waals surface area contributed by atoms with Gasteiger partial charge >= 0.3 is 0 Å². The van der Waals surface area contributed by atoms with E-state index < -0.39 is 23.2 Å². The van der Waals surface area contributed by atoms with Gasteiger partial charge in [-0.3, -0.25) is 4.79 Å². The number of para-hydroxylation sites is 1. The number of nitrogens with one attached hydrogen (secondary N) is 2. The Bertz CT molecular complexity index is 672. The van der Waals surface area contributed by atoms with E-state index in [2.05, 4.69) is 10.6 Å². The average Bonchev–Trinajstić information content (AvgIpc) is 2.47. The van der Waals surface area contributed by atoms with Crippen LogP contribution in [-0.4, -0.2) is 12.5 Å². The molecular weight excluding hydrogens is 310 g/mol. The van der Waals surface area contributed by atoms with Crippen LogP contribution in [0.3, 0.4) is 0 Å². The molecule has 0 aliphatic heterocycles. The summed E-state index contributed by atoms with van der Waals surface area (Å²) in [5.41, 5.74) is 1.38. The van der Waals surface area contributed by atoms with Crippen LogP contribution in [-0.2, 0) is 4.79 Å². The van der Waals surface area contributed by atoms with Crippen molar-refractivity contribution in [1.29, 1.82) is 0 Å². The normalized spacial score (nSPS) is 10.4. The van der Waals surface area contributed by atoms with E-state index in [1.165, 1.54) is 6.07 Å². The number of carbonyl (C=O) groups is 1. The van der Waals surface area contributed by atoms with Crippen LogP contribution in [0.5, 0.6) is 0 Å². The number of amides is 1. The monoisotopic (exact) mass is 324 g/mol. The third-order valence-corrected chi connectivity index (χ3v) is 3.33. The number of hydrogen-bond donors (Lipinski definition) is 2. The zero-order valence-corrected chi connectivity index (χ0v) is 12.7. The summed E-state index contributed by atoms with van der Waals surface area (Å²) in [6.45, 7) is 2.23. The lowest BCUT2D eigenvalue weighted by atomic mass is 10.2. The van der Waals surface area contributed by atoms with Crippen molar-refractivity contribution in [2.45, 2.75) is 13.3 Å². The van der Waals surface area contributed by atoms with E-state index in [1.54, 1.807) is 12.1 Å². The Morgan fingerprint density at radius 2 is 1.86 bits per heavy atom. The minimum atomic E-state index is -0.799. The molecule has 0 unspecified atom stereocenters. The minimum absolute atomic E-state index is 0.0692. The molecule has 2 N–H and O–H groups in total. The van der Waals surface area contributed by atoms with Gasteiger partial charge < -0.3 is 10.6 Å². The SMILES string of the molecule is Cc1ccc(Cl)cc1NCCC(=O)Nc1c(F)cccc1F. The number of benzene rings is 2. The van der Waals surface area contributed by atoms with Gasteiger partial charge in [0.25, 0.3) is 0 Å². The molecule has 0 radical (unpaired) electrons. The van der Waals surface area contributed by atoms with Crippen LogP contribution in [0, 0.1) is 18.6 Å². The molecule has 0 fully saturated rings. The molecule has 0 saturated carbocycles. The smallest absolute Gasteiger partial charge is 0.226 e. The summed E-state index contributed by atoms with van der Waals surface area (Å²) in [7, 11) is 0. The summed E-state index contributed by atoms with van der Waals surface area (Å²) < 4.78 is 26.8. The lowest BCUT2D eigenvalue weighted by Crippen LogP contribution is -2.18. The maximum atomic E-state index is 13.4. The fourth-order valence-electron chi connectivity index (χ4n) is 1.91. The highest BCUT2D eigenvalue weighted by molar-refractivity contribution is 6.30. The van der Waals surface area contributed by atoms with Gasteiger partial charge in [0.15, 0.2) is 0 Å². The van der Waals surface area contributed by atoms with Gasteiger partial charge in [0.2, 0.25) is 5.91 Å². The van der Waals surface area contributed by atoms with Gasteiger partial charge in [0.1, 0.15) is 17.3 Å². The second kappa shape index (κ2) is 7.22. The highest BCUT2D eigenvalue weighted by atomic mass is 35.5. The summed E-state index contributed by atoms with van der Waals surface area (Å²) in [5.74, 6) is -2.07. The molecule has 0 bridgehead atoms. The van der Waals surface area contributed by atoms with Crippen molar-refractivity contribution in [2.75, 3.05) is 17.2 Å². The Hall–Kier alpha value is -2.14. The van der Waals surface area contributed by atoms with Crippen molar-refractivity contribution in [3.8, 4) is 0 Å². The first-order chi connectivity index (χ1) is 10.5. The number of hydrogen-bond acceptors (Lipinski definition) is 2. The topological polar surface area (TPSA) is 41.1 Å². The first-order valence-electron chi connectivity index (χ1n) is 6.71. The first-order valence-corrected chi connectivity index (χ1v) is 7.09. The Balaban J connectivity index is 1.89. The van der Waals surface area contributed by atoms with Gasteiger partial charge in [-0.25, -0.2) is 8.78 Å². The van der Waals surface area contributed by atoms with Crippen LogP contribution in [0.15, 0.2) is 36.4 Å². The van der Waals surface area contributed by atoms with Crippen molar-refractivity contribution in [3.05, 3.63) is 58.6 Å². The molecule has 6 heteroatoms. The van der Waals surface area contributed by atoms with Crippen molar-refractivity contribution in [1.82, 2.24) is 0 Å². The standard InChI is InChI=1S/C16H15ClF2N2O/c1-10-5-6-11(17)9-14(10)20-8-7-15(22)21-16-12(18)3-2-4-13(16)19/h2-6,9,20H,7-8H2,1H3,(H,21,22). The zero-order chi connectivity index (χ0) is 16.1. The van der Waals surface area contributed by atoms with Gasteiger partial charge in [-0.15, -0.1) is 0 Å². The molecule has 22 heavy (non-hydrogen) atoms. The lowest BCUT2D eigenvalue weighted by molar-refractivity contribution is -0.116. The van der Waals surface area contributed by atoms with E-state index in [-0.39, 0.29) is 6.42 Å². The van der Waals surface area contributed by atoms with Crippen molar-refractivity contribution in [3.63, 3.8) is 0 Å². The first kappa shape index (κ1) is 16.2. The van der Waals surface area contributed by atoms with Crippen LogP contribution in [0.2, 0.25) is 5.02 Å². The molecular formula is C16H15ClF2N2O. The van der Waals surface area contributed by atoms with Gasteiger partial charge in [-0.2, -0.15) is 0 Å². The number of carbonyl (C=O) groups excluding carboxylic acids is 1. The molecule has 0 saturated heterocycles. The Labute approximate surface area is 132 Å². The number of halogens is 3. The van der Waals surface area contributed by atoms with Gasteiger partial charge in [0.05, 0.1) is 0 Å². The van der Waals surface area contributed by atoms with Crippen molar-refractivity contribution in [2.24, 2.45) is 0 Å². The summed E-state index contributed by atoms with van der Waals surface area (Å²) in [4.78, 5) is 11.7. The lowest BCUT2D eigenvalue weighted by Gasteiger charge is -2.11. The number of aryl methyl sites for hydroxylation is 1. The van der Waals surface area contributed by atoms with Crippen molar-refractivity contribution < 1.29 is 13.6 Å². The maximum absolute atomic E-state index is 13.4. The molecule has 0 aliphatic carbocycles. The largest absolute Gasteiger partial charge is 0.384 e. The molecule has 0 atom stereocenters. The van der Waals surface area contributed by atoms with Crippen LogP contribution >= 0.6 is 11.6 Å². The fraction of sp³-hybridized carbons (Fsp3) is 0.188. The molecule has 2 rings (SSSR count). The van der Waals surface area contributed by atoms with E-state index in [4.69, 9.17) is 11.6 Å². The Morgan fingerprint density at radius 3 is 2.55 bits per heavy atom. The molecule has 116 valence electrons. The maximum Gasteiger partial charge on any atom is 0.226 e. The molecule has 0 aromatic heterocycles. The van der Waals surface area contributed by atoms with Crippen LogP contribution in [0.25, 0.3) is 0 Å². The van der Waals surface area contributed by atoms with Gasteiger partial charge in [-0.1, -0.05) is 23.7 Å². The summed E-state index contributed by atoms with van der Waals surface area (Å²) in [6, 6.07) is 8.81. The van der Waals surface area contributed by atoms with Crippen LogP contribution in [0.1, 0.15) is 12.0 Å². The van der Waals surface area contributed by atoms with Gasteiger partial charge in [-0.05, 0) is 36.8 Å². The molecule has 1 amide bonds. The fourth-order valence-corrected chi connectivity index (χ4v) is 2.09. The third kappa shape index (κ3) is 4.18. The highest BCUT2D eigenvalue weighted by Crippen LogP contribution is 2.20. The third-order valence-electron chi connectivity index (χ3n) is 3.09. The molecule has 0 aliphatic rings. The van der Waals surface area contributed by atoms with E-state index in [0.717, 1.165) is 23.4 Å². The number of anilines is 2. The van der Waals surface area contributed by atoms with E-state index in [1.807, 2.05) is 13.0 Å². The average molecular weight is 325 g/mol. The molecule has 3 nitrogen and oxygen atoms in total. The molecule has 0 spiro atoms. The van der Waals surface area contributed by atoms with Crippen molar-refractivity contribution >= 4 is 28.9 Å². The second-order valence-corrected chi connectivity index (χ2v) is 5.22. The summed E-state index contributed by atoms with van der Waals surface area (Å²) in [5, 5.41) is 5.89. The summed E-state index contributed by atoms with van der Waals surface area (Å²) in [6.07, 6.45) is 0.0692. The quantitative estimate of drug-likeness (QED) is 0.857. The molecule has 2 aromatic carbocycles. The Kier molecular flexibility index (Phi) is 5.33. The number of rotatable bonds is 5. The predicted octanol–water partition coefficient (Wildman–Crippen LogP) is 4.37. The van der Waals surface area contributed by atoms with E-state index >= 15 is 0 Å². The second-order valence-electron chi connectivity index (χ2n) is 4.78. The highest BCUT2D eigenvalue weighted by Gasteiger charge is 2.11. The van der Waals surface area contributed by atoms with Crippen LogP contribution in [0.4, 0.5) is 20.2 Å². The minimum Gasteiger partial charge on any atom is -0.384 e. The van der Waals surface area contributed by atoms with Gasteiger partial charge in [0, 0.05) is 23.7 Å².